The smallest absolute Gasteiger partial charge is 0.264 e. The van der Waals surface area contributed by atoms with Crippen molar-refractivity contribution >= 4 is 11.8 Å². The Hall–Kier alpha value is -1.69. The van der Waals surface area contributed by atoms with Gasteiger partial charge in [0, 0.05) is 24.0 Å². The minimum absolute atomic E-state index is 0.222. The van der Waals surface area contributed by atoms with Gasteiger partial charge in [0.2, 0.25) is 0 Å². The van der Waals surface area contributed by atoms with Crippen LogP contribution in [0.15, 0.2) is 34.5 Å². The number of rotatable bonds is 2. The molecule has 0 aliphatic heterocycles. The lowest BCUT2D eigenvalue weighted by Gasteiger charge is -1.98. The molecule has 0 atom stereocenters. The van der Waals surface area contributed by atoms with E-state index in [-0.39, 0.29) is 5.56 Å². The third-order valence-electron chi connectivity index (χ3n) is 1.79. The van der Waals surface area contributed by atoms with Gasteiger partial charge in [-0.15, -0.1) is 0 Å². The third kappa shape index (κ3) is 2.21. The molecule has 0 bridgehead atoms. The second kappa shape index (κ2) is 4.22. The standard InChI is InChI=1S/C9H8N4OS/c1-15-9-10-4-6(5-11-9)7-2-3-8(14)13-12-7/h2-5H,1H3,(H,13,14). The van der Waals surface area contributed by atoms with E-state index in [1.165, 1.54) is 17.8 Å². The van der Waals surface area contributed by atoms with Gasteiger partial charge in [-0.2, -0.15) is 5.10 Å². The maximum Gasteiger partial charge on any atom is 0.264 e. The summed E-state index contributed by atoms with van der Waals surface area (Å²) < 4.78 is 0. The molecule has 5 nitrogen and oxygen atoms in total. The number of nitrogens with zero attached hydrogens (tertiary/aromatic N) is 3. The summed E-state index contributed by atoms with van der Waals surface area (Å²) in [5.41, 5.74) is 1.21. The lowest BCUT2D eigenvalue weighted by atomic mass is 10.2. The molecule has 76 valence electrons. The number of nitrogens with one attached hydrogen (secondary N) is 1. The van der Waals surface area contributed by atoms with Crippen LogP contribution in [0.2, 0.25) is 0 Å². The van der Waals surface area contributed by atoms with Crippen LogP contribution in [0.3, 0.4) is 0 Å². The number of hydrogen-bond acceptors (Lipinski definition) is 5. The number of aromatic nitrogens is 4. The first-order valence-electron chi connectivity index (χ1n) is 4.22. The first-order valence-corrected chi connectivity index (χ1v) is 5.44. The van der Waals surface area contributed by atoms with Gasteiger partial charge in [-0.3, -0.25) is 4.79 Å². The fourth-order valence-corrected chi connectivity index (χ4v) is 1.38. The van der Waals surface area contributed by atoms with Gasteiger partial charge >= 0.3 is 0 Å². The average molecular weight is 220 g/mol. The predicted molar refractivity (Wildman–Crippen MR) is 57.7 cm³/mol. The van der Waals surface area contributed by atoms with Crippen molar-refractivity contribution < 1.29 is 0 Å². The van der Waals surface area contributed by atoms with Crippen molar-refractivity contribution in [3.05, 3.63) is 34.9 Å². The Balaban J connectivity index is 2.37. The van der Waals surface area contributed by atoms with E-state index in [9.17, 15) is 4.79 Å². The molecule has 6 heteroatoms. The molecular weight excluding hydrogens is 212 g/mol. The molecule has 0 aliphatic carbocycles. The Morgan fingerprint density at radius 3 is 2.53 bits per heavy atom. The summed E-state index contributed by atoms with van der Waals surface area (Å²) in [6.45, 7) is 0. The maximum absolute atomic E-state index is 10.8. The Labute approximate surface area is 90.0 Å². The molecule has 0 unspecified atom stereocenters. The summed E-state index contributed by atoms with van der Waals surface area (Å²) in [7, 11) is 0. The molecule has 0 saturated carbocycles. The zero-order valence-electron chi connectivity index (χ0n) is 7.97. The van der Waals surface area contributed by atoms with Crippen molar-refractivity contribution in [2.24, 2.45) is 0 Å². The SMILES string of the molecule is CSc1ncc(-c2ccc(=O)[nH]n2)cn1. The highest BCUT2D eigenvalue weighted by molar-refractivity contribution is 7.98. The van der Waals surface area contributed by atoms with Crippen LogP contribution in [0.5, 0.6) is 0 Å². The van der Waals surface area contributed by atoms with E-state index >= 15 is 0 Å². The van der Waals surface area contributed by atoms with Crippen LogP contribution >= 0.6 is 11.8 Å². The first kappa shape index (κ1) is 9.85. The Morgan fingerprint density at radius 2 is 2.00 bits per heavy atom. The quantitative estimate of drug-likeness (QED) is 0.602. The van der Waals surface area contributed by atoms with Crippen molar-refractivity contribution in [3.8, 4) is 11.3 Å². The summed E-state index contributed by atoms with van der Waals surface area (Å²) in [6.07, 6.45) is 5.27. The van der Waals surface area contributed by atoms with Gasteiger partial charge < -0.3 is 0 Å². The molecule has 2 heterocycles. The Morgan fingerprint density at radius 1 is 1.27 bits per heavy atom. The second-order valence-corrected chi connectivity index (χ2v) is 3.54. The van der Waals surface area contributed by atoms with E-state index < -0.39 is 0 Å². The highest BCUT2D eigenvalue weighted by Gasteiger charge is 2.00. The highest BCUT2D eigenvalue weighted by atomic mass is 32.2. The molecule has 0 fully saturated rings. The Bertz CT molecular complexity index is 488. The van der Waals surface area contributed by atoms with Gasteiger partial charge in [0.1, 0.15) is 0 Å². The maximum atomic E-state index is 10.8. The van der Waals surface area contributed by atoms with Crippen LogP contribution in [0.1, 0.15) is 0 Å². The van der Waals surface area contributed by atoms with Crippen molar-refractivity contribution in [2.45, 2.75) is 5.16 Å². The zero-order valence-corrected chi connectivity index (χ0v) is 8.78. The monoisotopic (exact) mass is 220 g/mol. The minimum Gasteiger partial charge on any atom is -0.268 e. The molecule has 15 heavy (non-hydrogen) atoms. The molecule has 2 aromatic rings. The van der Waals surface area contributed by atoms with Crippen LogP contribution < -0.4 is 5.56 Å². The summed E-state index contributed by atoms with van der Waals surface area (Å²) in [4.78, 5) is 19.0. The van der Waals surface area contributed by atoms with E-state index in [0.717, 1.165) is 5.56 Å². The lowest BCUT2D eigenvalue weighted by Crippen LogP contribution is -2.05. The molecule has 2 aromatic heterocycles. The van der Waals surface area contributed by atoms with Crippen molar-refractivity contribution in [3.63, 3.8) is 0 Å². The molecule has 0 aromatic carbocycles. The number of thioether (sulfide) groups is 1. The van der Waals surface area contributed by atoms with Crippen LogP contribution in [-0.4, -0.2) is 26.4 Å². The summed E-state index contributed by atoms with van der Waals surface area (Å²) in [6, 6.07) is 3.06. The molecule has 1 N–H and O–H groups in total. The van der Waals surface area contributed by atoms with Crippen LogP contribution in [-0.2, 0) is 0 Å². The van der Waals surface area contributed by atoms with Crippen molar-refractivity contribution in [1.82, 2.24) is 20.2 Å². The van der Waals surface area contributed by atoms with E-state index in [1.54, 1.807) is 18.5 Å². The summed E-state index contributed by atoms with van der Waals surface area (Å²) in [5, 5.41) is 6.95. The number of aromatic amines is 1. The molecular formula is C9H8N4OS. The topological polar surface area (TPSA) is 71.5 Å². The largest absolute Gasteiger partial charge is 0.268 e. The molecule has 0 amide bonds. The van der Waals surface area contributed by atoms with E-state index in [1.807, 2.05) is 6.26 Å². The summed E-state index contributed by atoms with van der Waals surface area (Å²) >= 11 is 1.47. The molecule has 0 saturated heterocycles. The van der Waals surface area contributed by atoms with E-state index in [4.69, 9.17) is 0 Å². The molecule has 2 rings (SSSR count). The van der Waals surface area contributed by atoms with Gasteiger partial charge in [0.15, 0.2) is 5.16 Å². The van der Waals surface area contributed by atoms with Gasteiger partial charge in [0.05, 0.1) is 5.69 Å². The minimum atomic E-state index is -0.222. The van der Waals surface area contributed by atoms with Gasteiger partial charge in [-0.1, -0.05) is 11.8 Å². The zero-order chi connectivity index (χ0) is 10.7. The number of H-pyrrole nitrogens is 1. The highest BCUT2D eigenvalue weighted by Crippen LogP contribution is 2.14. The molecule has 0 aliphatic rings. The first-order chi connectivity index (χ1) is 7.29. The van der Waals surface area contributed by atoms with Gasteiger partial charge in [0.25, 0.3) is 5.56 Å². The average Bonchev–Trinajstić information content (AvgIpc) is 2.30. The van der Waals surface area contributed by atoms with E-state index in [0.29, 0.717) is 10.9 Å². The fourth-order valence-electron chi connectivity index (χ4n) is 1.06. The van der Waals surface area contributed by atoms with Crippen LogP contribution in [0.25, 0.3) is 11.3 Å². The normalized spacial score (nSPS) is 10.2. The van der Waals surface area contributed by atoms with E-state index in [2.05, 4.69) is 20.2 Å². The van der Waals surface area contributed by atoms with Crippen LogP contribution in [0.4, 0.5) is 0 Å². The Kier molecular flexibility index (Phi) is 2.77. The fraction of sp³-hybridized carbons (Fsp3) is 0.111. The second-order valence-electron chi connectivity index (χ2n) is 2.76. The lowest BCUT2D eigenvalue weighted by molar-refractivity contribution is 0.954. The van der Waals surface area contributed by atoms with Crippen molar-refractivity contribution in [1.29, 1.82) is 0 Å². The molecule has 0 spiro atoms. The summed E-state index contributed by atoms with van der Waals surface area (Å²) in [5.74, 6) is 0. The van der Waals surface area contributed by atoms with Crippen molar-refractivity contribution in [2.75, 3.05) is 6.26 Å². The van der Waals surface area contributed by atoms with Gasteiger partial charge in [-0.25, -0.2) is 15.1 Å². The van der Waals surface area contributed by atoms with Crippen LogP contribution in [0, 0.1) is 0 Å². The predicted octanol–water partition coefficient (Wildman–Crippen LogP) is 0.949. The third-order valence-corrected chi connectivity index (χ3v) is 2.36. The van der Waals surface area contributed by atoms with Gasteiger partial charge in [-0.05, 0) is 12.3 Å². The number of hydrogen-bond donors (Lipinski definition) is 1. The molecule has 0 radical (unpaired) electrons.